The van der Waals surface area contributed by atoms with Crippen molar-refractivity contribution in [2.45, 2.75) is 32.2 Å². The summed E-state index contributed by atoms with van der Waals surface area (Å²) in [6, 6.07) is 2.94. The Morgan fingerprint density at radius 1 is 1.50 bits per heavy atom. The van der Waals surface area contributed by atoms with Crippen LogP contribution in [0.2, 0.25) is 5.02 Å². The second-order valence-electron chi connectivity index (χ2n) is 5.72. The van der Waals surface area contributed by atoms with Gasteiger partial charge in [0.05, 0.1) is 17.7 Å². The molecule has 1 aliphatic rings. The van der Waals surface area contributed by atoms with E-state index in [2.05, 4.69) is 9.97 Å². The Morgan fingerprint density at radius 3 is 3.04 bits per heavy atom. The van der Waals surface area contributed by atoms with Crippen LogP contribution in [-0.4, -0.2) is 39.0 Å². The van der Waals surface area contributed by atoms with Gasteiger partial charge in [-0.05, 0) is 38.3 Å². The van der Waals surface area contributed by atoms with Gasteiger partial charge in [-0.1, -0.05) is 11.6 Å². The molecule has 0 radical (unpaired) electrons. The van der Waals surface area contributed by atoms with Crippen molar-refractivity contribution in [3.05, 3.63) is 40.9 Å². The minimum atomic E-state index is -0.142. The second-order valence-corrected chi connectivity index (χ2v) is 6.13. The second kappa shape index (κ2) is 7.13. The smallest absolute Gasteiger partial charge is 0.254 e. The number of carbonyl (C=O) groups excluding carboxylic acids is 1. The molecule has 1 aromatic carbocycles. The van der Waals surface area contributed by atoms with Crippen molar-refractivity contribution in [2.75, 3.05) is 13.2 Å². The average Bonchev–Trinajstić information content (AvgIpc) is 3.13. The quantitative estimate of drug-likeness (QED) is 0.885. The van der Waals surface area contributed by atoms with Gasteiger partial charge in [0.1, 0.15) is 5.82 Å². The number of benzene rings is 1. The molecule has 6 nitrogen and oxygen atoms in total. The third-order valence-corrected chi connectivity index (χ3v) is 4.46. The number of aromatic hydroxyl groups is 1. The van der Waals surface area contributed by atoms with E-state index in [-0.39, 0.29) is 28.5 Å². The largest absolute Gasteiger partial charge is 0.503 e. The van der Waals surface area contributed by atoms with Crippen LogP contribution in [0, 0.1) is 0 Å². The molecule has 0 saturated carbocycles. The monoisotopic (exact) mass is 349 g/mol. The van der Waals surface area contributed by atoms with Crippen LogP contribution in [-0.2, 0) is 0 Å². The van der Waals surface area contributed by atoms with Crippen molar-refractivity contribution in [1.29, 1.82) is 0 Å². The fraction of sp³-hybridized carbons (Fsp3) is 0.412. The number of phenols is 1. The van der Waals surface area contributed by atoms with Crippen molar-refractivity contribution in [3.8, 4) is 11.5 Å². The van der Waals surface area contributed by atoms with Crippen LogP contribution in [0.5, 0.6) is 11.5 Å². The lowest BCUT2D eigenvalue weighted by Crippen LogP contribution is -2.39. The number of imidazole rings is 1. The lowest BCUT2D eigenvalue weighted by Gasteiger charge is -2.34. The number of nitrogens with one attached hydrogen (secondary N) is 1. The summed E-state index contributed by atoms with van der Waals surface area (Å²) in [5.41, 5.74) is 0.403. The number of halogens is 1. The van der Waals surface area contributed by atoms with Crippen molar-refractivity contribution >= 4 is 17.5 Å². The zero-order chi connectivity index (χ0) is 17.1. The third-order valence-electron chi connectivity index (χ3n) is 4.17. The number of nitrogens with zero attached hydrogens (tertiary/aromatic N) is 2. The lowest BCUT2D eigenvalue weighted by atomic mass is 10.00. The number of carbonyl (C=O) groups is 1. The molecule has 0 aliphatic carbocycles. The molecule has 1 atom stereocenters. The molecule has 2 N–H and O–H groups in total. The summed E-state index contributed by atoms with van der Waals surface area (Å²) in [6.07, 6.45) is 6.32. The van der Waals surface area contributed by atoms with E-state index in [9.17, 15) is 9.90 Å². The van der Waals surface area contributed by atoms with E-state index in [1.165, 1.54) is 6.07 Å². The summed E-state index contributed by atoms with van der Waals surface area (Å²) in [7, 11) is 0. The van der Waals surface area contributed by atoms with Gasteiger partial charge in [0.2, 0.25) is 0 Å². The van der Waals surface area contributed by atoms with Gasteiger partial charge >= 0.3 is 0 Å². The lowest BCUT2D eigenvalue weighted by molar-refractivity contribution is 0.0600. The van der Waals surface area contributed by atoms with Crippen LogP contribution in [0.3, 0.4) is 0 Å². The minimum Gasteiger partial charge on any atom is -0.503 e. The summed E-state index contributed by atoms with van der Waals surface area (Å²) >= 11 is 6.05. The Labute approximate surface area is 145 Å². The Bertz CT molecular complexity index is 718. The van der Waals surface area contributed by atoms with Crippen LogP contribution >= 0.6 is 11.6 Å². The maximum atomic E-state index is 13.0. The molecule has 1 fully saturated rings. The zero-order valence-electron chi connectivity index (χ0n) is 13.5. The Morgan fingerprint density at radius 2 is 2.33 bits per heavy atom. The average molecular weight is 350 g/mol. The third kappa shape index (κ3) is 3.19. The highest BCUT2D eigenvalue weighted by Gasteiger charge is 2.31. The van der Waals surface area contributed by atoms with Gasteiger partial charge in [0.15, 0.2) is 11.5 Å². The van der Waals surface area contributed by atoms with Gasteiger partial charge in [-0.25, -0.2) is 4.98 Å². The standard InChI is InChI=1S/C17H20ClN3O3/c1-2-24-14-10-11(9-12(18)15(14)22)17(23)21-8-4-3-5-13(21)16-19-6-7-20-16/h6-7,9-10,13,22H,2-5,8H2,1H3,(H,19,20). The fourth-order valence-corrected chi connectivity index (χ4v) is 3.26. The SMILES string of the molecule is CCOc1cc(C(=O)N2CCCCC2c2ncc[nH]2)cc(Cl)c1O. The first-order valence-corrected chi connectivity index (χ1v) is 8.45. The van der Waals surface area contributed by atoms with Gasteiger partial charge in [-0.2, -0.15) is 0 Å². The van der Waals surface area contributed by atoms with Crippen LogP contribution in [0.15, 0.2) is 24.5 Å². The number of amides is 1. The number of hydrogen-bond acceptors (Lipinski definition) is 4. The topological polar surface area (TPSA) is 78.5 Å². The molecule has 3 rings (SSSR count). The van der Waals surface area contributed by atoms with E-state index >= 15 is 0 Å². The zero-order valence-corrected chi connectivity index (χ0v) is 14.2. The van der Waals surface area contributed by atoms with Crippen molar-refractivity contribution in [2.24, 2.45) is 0 Å². The molecule has 24 heavy (non-hydrogen) atoms. The van der Waals surface area contributed by atoms with Gasteiger partial charge in [0.25, 0.3) is 5.91 Å². The van der Waals surface area contributed by atoms with E-state index in [1.54, 1.807) is 30.3 Å². The van der Waals surface area contributed by atoms with E-state index in [0.717, 1.165) is 25.1 Å². The van der Waals surface area contributed by atoms with Crippen LogP contribution in [0.25, 0.3) is 0 Å². The predicted octanol–water partition coefficient (Wildman–Crippen LogP) is 3.53. The normalized spacial score (nSPS) is 17.8. The summed E-state index contributed by atoms with van der Waals surface area (Å²) in [5.74, 6) is 0.730. The molecule has 1 aliphatic heterocycles. The summed E-state index contributed by atoms with van der Waals surface area (Å²) in [4.78, 5) is 22.2. The molecule has 2 aromatic rings. The van der Waals surface area contributed by atoms with Crippen molar-refractivity contribution in [1.82, 2.24) is 14.9 Å². The molecular formula is C17H20ClN3O3. The summed E-state index contributed by atoms with van der Waals surface area (Å²) < 4.78 is 5.37. The van der Waals surface area contributed by atoms with Gasteiger partial charge in [-0.3, -0.25) is 4.79 Å². The van der Waals surface area contributed by atoms with Crippen molar-refractivity contribution in [3.63, 3.8) is 0 Å². The summed E-state index contributed by atoms with van der Waals surface area (Å²) in [5, 5.41) is 10.1. The van der Waals surface area contributed by atoms with E-state index in [1.807, 2.05) is 0 Å². The molecule has 128 valence electrons. The van der Waals surface area contributed by atoms with E-state index < -0.39 is 0 Å². The van der Waals surface area contributed by atoms with Gasteiger partial charge in [0, 0.05) is 24.5 Å². The highest BCUT2D eigenvalue weighted by atomic mass is 35.5. The molecule has 0 bridgehead atoms. The molecule has 7 heteroatoms. The van der Waals surface area contributed by atoms with E-state index in [0.29, 0.717) is 18.7 Å². The number of aromatic nitrogens is 2. The van der Waals surface area contributed by atoms with Crippen molar-refractivity contribution < 1.29 is 14.6 Å². The number of hydrogen-bond donors (Lipinski definition) is 2. The van der Waals surface area contributed by atoms with Gasteiger partial charge < -0.3 is 19.7 Å². The number of aromatic amines is 1. The number of ether oxygens (including phenoxy) is 1. The van der Waals surface area contributed by atoms with Gasteiger partial charge in [-0.15, -0.1) is 0 Å². The summed E-state index contributed by atoms with van der Waals surface area (Å²) in [6.45, 7) is 2.84. The first-order chi connectivity index (χ1) is 11.6. The van der Waals surface area contributed by atoms with Crippen LogP contribution < -0.4 is 4.74 Å². The molecule has 2 heterocycles. The highest BCUT2D eigenvalue weighted by molar-refractivity contribution is 6.32. The number of likely N-dealkylation sites (tertiary alicyclic amines) is 1. The number of H-pyrrole nitrogens is 1. The predicted molar refractivity (Wildman–Crippen MR) is 90.5 cm³/mol. The molecule has 1 aromatic heterocycles. The molecule has 1 amide bonds. The number of phenolic OH excluding ortho intramolecular Hbond substituents is 1. The minimum absolute atomic E-state index is 0.0793. The van der Waals surface area contributed by atoms with E-state index in [4.69, 9.17) is 16.3 Å². The Hall–Kier alpha value is -2.21. The molecular weight excluding hydrogens is 330 g/mol. The Kier molecular flexibility index (Phi) is 4.94. The number of rotatable bonds is 4. The first-order valence-electron chi connectivity index (χ1n) is 8.07. The maximum absolute atomic E-state index is 13.0. The number of piperidine rings is 1. The van der Waals surface area contributed by atoms with Crippen LogP contribution in [0.4, 0.5) is 0 Å². The Balaban J connectivity index is 1.92. The highest BCUT2D eigenvalue weighted by Crippen LogP contribution is 2.37. The van der Waals surface area contributed by atoms with Crippen LogP contribution in [0.1, 0.15) is 48.4 Å². The molecule has 1 saturated heterocycles. The first kappa shape index (κ1) is 16.6. The molecule has 1 unspecified atom stereocenters. The maximum Gasteiger partial charge on any atom is 0.254 e. The molecule has 0 spiro atoms. The fourth-order valence-electron chi connectivity index (χ4n) is 3.05.